The van der Waals surface area contributed by atoms with Gasteiger partial charge in [-0.05, 0) is 62.8 Å². The van der Waals surface area contributed by atoms with Crippen molar-refractivity contribution in [2.24, 2.45) is 0 Å². The highest BCUT2D eigenvalue weighted by Gasteiger charge is 2.41. The zero-order valence-electron chi connectivity index (χ0n) is 15.4. The molecule has 2 N–H and O–H groups in total. The lowest BCUT2D eigenvalue weighted by atomic mass is 9.78. The minimum absolute atomic E-state index is 0.175. The van der Waals surface area contributed by atoms with Crippen LogP contribution in [0.5, 0.6) is 0 Å². The fraction of sp³-hybridized carbons (Fsp3) is 0.667. The van der Waals surface area contributed by atoms with Gasteiger partial charge in [0.25, 0.3) is 0 Å². The summed E-state index contributed by atoms with van der Waals surface area (Å²) < 4.78 is 13.0. The summed E-state index contributed by atoms with van der Waals surface area (Å²) in [5.41, 5.74) is 0.628. The summed E-state index contributed by atoms with van der Waals surface area (Å²) >= 11 is 0. The Hall–Kier alpha value is -1.62. The standard InChI is InChI=1S/C21H30FN3O/c22-15-9-11-16(12-10-15)23-21(26)24-17-13-19-7-4-8-20(14-17)25(19)18-5-2-1-3-6-18/h9-12,17-20H,1-8,13-14H2,(H2,23,24,26). The number of nitrogens with zero attached hydrogens (tertiary/aromatic N) is 1. The third-order valence-corrected chi connectivity index (χ3v) is 6.46. The number of amides is 2. The molecule has 0 radical (unpaired) electrons. The smallest absolute Gasteiger partial charge is 0.319 e. The Morgan fingerprint density at radius 3 is 2.15 bits per heavy atom. The van der Waals surface area contributed by atoms with Crippen molar-refractivity contribution in [3.63, 3.8) is 0 Å². The zero-order chi connectivity index (χ0) is 17.9. The molecule has 2 bridgehead atoms. The van der Waals surface area contributed by atoms with Crippen LogP contribution in [0.1, 0.15) is 64.2 Å². The first-order valence-electron chi connectivity index (χ1n) is 10.3. The van der Waals surface area contributed by atoms with Gasteiger partial charge in [0.2, 0.25) is 0 Å². The molecule has 1 saturated carbocycles. The summed E-state index contributed by atoms with van der Waals surface area (Å²) in [7, 11) is 0. The molecule has 2 atom stereocenters. The molecule has 3 aliphatic rings. The Balaban J connectivity index is 1.34. The molecular weight excluding hydrogens is 329 g/mol. The second-order valence-corrected chi connectivity index (χ2v) is 8.25. The largest absolute Gasteiger partial charge is 0.335 e. The summed E-state index contributed by atoms with van der Waals surface area (Å²) in [6, 6.07) is 8.00. The molecule has 2 unspecified atom stereocenters. The normalized spacial score (nSPS) is 30.0. The van der Waals surface area contributed by atoms with Crippen molar-refractivity contribution in [1.82, 2.24) is 10.2 Å². The maximum atomic E-state index is 13.0. The number of anilines is 1. The van der Waals surface area contributed by atoms with Crippen LogP contribution < -0.4 is 10.6 Å². The average Bonchev–Trinajstić information content (AvgIpc) is 2.63. The molecule has 2 saturated heterocycles. The van der Waals surface area contributed by atoms with Crippen molar-refractivity contribution in [1.29, 1.82) is 0 Å². The van der Waals surface area contributed by atoms with Gasteiger partial charge in [-0.15, -0.1) is 0 Å². The van der Waals surface area contributed by atoms with E-state index in [-0.39, 0.29) is 17.9 Å². The van der Waals surface area contributed by atoms with E-state index in [1.165, 1.54) is 63.5 Å². The molecule has 0 spiro atoms. The van der Waals surface area contributed by atoms with E-state index < -0.39 is 0 Å². The van der Waals surface area contributed by atoms with Crippen molar-refractivity contribution >= 4 is 11.7 Å². The van der Waals surface area contributed by atoms with E-state index in [9.17, 15) is 9.18 Å². The van der Waals surface area contributed by atoms with Crippen LogP contribution in [-0.4, -0.2) is 35.1 Å². The van der Waals surface area contributed by atoms with Crippen LogP contribution in [-0.2, 0) is 0 Å². The van der Waals surface area contributed by atoms with Gasteiger partial charge in [-0.2, -0.15) is 0 Å². The summed E-state index contributed by atoms with van der Waals surface area (Å²) in [5.74, 6) is -0.293. The average molecular weight is 359 g/mol. The number of halogens is 1. The predicted molar refractivity (Wildman–Crippen MR) is 102 cm³/mol. The van der Waals surface area contributed by atoms with Crippen molar-refractivity contribution in [3.8, 4) is 0 Å². The van der Waals surface area contributed by atoms with Crippen LogP contribution in [0.3, 0.4) is 0 Å². The summed E-state index contributed by atoms with van der Waals surface area (Å²) in [6.45, 7) is 0. The topological polar surface area (TPSA) is 44.4 Å². The van der Waals surface area contributed by atoms with Crippen molar-refractivity contribution in [2.45, 2.75) is 88.4 Å². The van der Waals surface area contributed by atoms with E-state index in [1.54, 1.807) is 12.1 Å². The number of carbonyl (C=O) groups excluding carboxylic acids is 1. The van der Waals surface area contributed by atoms with E-state index >= 15 is 0 Å². The second-order valence-electron chi connectivity index (χ2n) is 8.25. The SMILES string of the molecule is O=C(Nc1ccc(F)cc1)NC1CC2CCCC(C1)N2C1CCCCC1. The Kier molecular flexibility index (Phi) is 5.44. The Labute approximate surface area is 155 Å². The van der Waals surface area contributed by atoms with Crippen LogP contribution in [0, 0.1) is 5.82 Å². The number of nitrogens with one attached hydrogen (secondary N) is 2. The fourth-order valence-corrected chi connectivity index (χ4v) is 5.40. The van der Waals surface area contributed by atoms with Crippen molar-refractivity contribution in [3.05, 3.63) is 30.1 Å². The molecule has 4 nitrogen and oxygen atoms in total. The molecule has 26 heavy (non-hydrogen) atoms. The molecule has 2 amide bonds. The lowest BCUT2D eigenvalue weighted by Gasteiger charge is -2.53. The molecule has 4 rings (SSSR count). The predicted octanol–water partition coefficient (Wildman–Crippen LogP) is 4.67. The molecule has 5 heteroatoms. The molecule has 2 heterocycles. The Morgan fingerprint density at radius 1 is 0.885 bits per heavy atom. The first-order chi connectivity index (χ1) is 12.7. The van der Waals surface area contributed by atoms with Gasteiger partial charge in [0.05, 0.1) is 0 Å². The number of hydrogen-bond acceptors (Lipinski definition) is 2. The van der Waals surface area contributed by atoms with Gasteiger partial charge in [-0.3, -0.25) is 4.90 Å². The van der Waals surface area contributed by atoms with Gasteiger partial charge < -0.3 is 10.6 Å². The van der Waals surface area contributed by atoms with Gasteiger partial charge in [0, 0.05) is 29.9 Å². The van der Waals surface area contributed by atoms with Crippen molar-refractivity contribution in [2.75, 3.05) is 5.32 Å². The lowest BCUT2D eigenvalue weighted by Crippen LogP contribution is -2.60. The fourth-order valence-electron chi connectivity index (χ4n) is 5.40. The Morgan fingerprint density at radius 2 is 1.50 bits per heavy atom. The molecule has 3 fully saturated rings. The third kappa shape index (κ3) is 4.03. The van der Waals surface area contributed by atoms with E-state index in [0.29, 0.717) is 17.8 Å². The highest BCUT2D eigenvalue weighted by atomic mass is 19.1. The Bertz CT molecular complexity index is 600. The highest BCUT2D eigenvalue weighted by molar-refractivity contribution is 5.89. The number of hydrogen-bond donors (Lipinski definition) is 2. The first-order valence-corrected chi connectivity index (χ1v) is 10.3. The molecule has 1 aromatic rings. The minimum Gasteiger partial charge on any atom is -0.335 e. The quantitative estimate of drug-likeness (QED) is 0.824. The molecule has 142 valence electrons. The van der Waals surface area contributed by atoms with Gasteiger partial charge in [0.15, 0.2) is 0 Å². The van der Waals surface area contributed by atoms with Crippen LogP contribution in [0.25, 0.3) is 0 Å². The van der Waals surface area contributed by atoms with E-state index in [1.807, 2.05) is 0 Å². The second kappa shape index (κ2) is 7.95. The van der Waals surface area contributed by atoms with Crippen LogP contribution in [0.4, 0.5) is 14.9 Å². The number of rotatable bonds is 3. The third-order valence-electron chi connectivity index (χ3n) is 6.46. The van der Waals surface area contributed by atoms with Gasteiger partial charge in [-0.1, -0.05) is 25.7 Å². The zero-order valence-corrected chi connectivity index (χ0v) is 15.4. The number of fused-ring (bicyclic) bond motifs is 2. The molecular formula is C21H30FN3O. The van der Waals surface area contributed by atoms with Gasteiger partial charge in [-0.25, -0.2) is 9.18 Å². The van der Waals surface area contributed by atoms with E-state index in [4.69, 9.17) is 0 Å². The molecule has 0 aromatic heterocycles. The van der Waals surface area contributed by atoms with Crippen LogP contribution in [0.2, 0.25) is 0 Å². The number of piperidine rings is 2. The molecule has 1 aromatic carbocycles. The van der Waals surface area contributed by atoms with Crippen molar-refractivity contribution < 1.29 is 9.18 Å². The number of carbonyl (C=O) groups is 1. The van der Waals surface area contributed by atoms with Gasteiger partial charge in [0.1, 0.15) is 5.82 Å². The molecule has 2 aliphatic heterocycles. The summed E-state index contributed by atoms with van der Waals surface area (Å²) in [4.78, 5) is 15.2. The first kappa shape index (κ1) is 17.8. The maximum absolute atomic E-state index is 13.0. The van der Waals surface area contributed by atoms with Crippen LogP contribution in [0.15, 0.2) is 24.3 Å². The minimum atomic E-state index is -0.293. The maximum Gasteiger partial charge on any atom is 0.319 e. The highest BCUT2D eigenvalue weighted by Crippen LogP contribution is 2.39. The number of benzene rings is 1. The van der Waals surface area contributed by atoms with Crippen LogP contribution >= 0.6 is 0 Å². The monoisotopic (exact) mass is 359 g/mol. The van der Waals surface area contributed by atoms with E-state index in [2.05, 4.69) is 15.5 Å². The summed E-state index contributed by atoms with van der Waals surface area (Å²) in [5, 5.41) is 5.99. The van der Waals surface area contributed by atoms with E-state index in [0.717, 1.165) is 18.9 Å². The summed E-state index contributed by atoms with van der Waals surface area (Å²) in [6.07, 6.45) is 12.8. The number of urea groups is 1. The molecule has 1 aliphatic carbocycles. The lowest BCUT2D eigenvalue weighted by molar-refractivity contribution is -0.0202. The van der Waals surface area contributed by atoms with Gasteiger partial charge >= 0.3 is 6.03 Å².